The minimum atomic E-state index is -0.490. The van der Waals surface area contributed by atoms with Gasteiger partial charge in [0.15, 0.2) is 0 Å². The van der Waals surface area contributed by atoms with Gasteiger partial charge in [-0.2, -0.15) is 0 Å². The smallest absolute Gasteiger partial charge is 0.269 e. The van der Waals surface area contributed by atoms with E-state index in [9.17, 15) is 14.9 Å². The zero-order chi connectivity index (χ0) is 18.4. The van der Waals surface area contributed by atoms with Crippen LogP contribution in [0.15, 0.2) is 66.4 Å². The second kappa shape index (κ2) is 8.26. The summed E-state index contributed by atoms with van der Waals surface area (Å²) in [5, 5.41) is 10.6. The van der Waals surface area contributed by atoms with Crippen molar-refractivity contribution < 1.29 is 14.6 Å². The Balaban J connectivity index is 1.47. The zero-order valence-electron chi connectivity index (χ0n) is 14.3. The number of hydrazine groups is 1. The number of rotatable bonds is 6. The molecule has 0 saturated carbocycles. The summed E-state index contributed by atoms with van der Waals surface area (Å²) in [4.78, 5) is 23.7. The molecule has 0 aliphatic carbocycles. The summed E-state index contributed by atoms with van der Waals surface area (Å²) in [6, 6.07) is 15.9. The Kier molecular flexibility index (Phi) is 5.60. The standard InChI is InChI=1S/C19H20N4O3/c24-19(16-6-8-18(9-7-16)23(25)26)21-20-17-10-12-22(13-11-17)14-15-4-2-1-3-5-15/h1-10,20H,11-14H2,(H,21,24)/p+1. The Bertz CT molecular complexity index is 803. The minimum absolute atomic E-state index is 0.0361. The number of carbonyl (C=O) groups excluding carboxylic acids is 1. The lowest BCUT2D eigenvalue weighted by Crippen LogP contribution is -3.11. The molecule has 134 valence electrons. The summed E-state index contributed by atoms with van der Waals surface area (Å²) in [7, 11) is 0. The number of nitrogens with zero attached hydrogens (tertiary/aromatic N) is 1. The fourth-order valence-electron chi connectivity index (χ4n) is 2.89. The second-order valence-corrected chi connectivity index (χ2v) is 6.23. The molecule has 1 amide bonds. The molecule has 3 N–H and O–H groups in total. The van der Waals surface area contributed by atoms with E-state index >= 15 is 0 Å². The minimum Gasteiger partial charge on any atom is -0.328 e. The van der Waals surface area contributed by atoms with Crippen LogP contribution in [-0.4, -0.2) is 23.9 Å². The summed E-state index contributed by atoms with van der Waals surface area (Å²) in [5.41, 5.74) is 8.24. The SMILES string of the molecule is O=C(NNC1=CC[NH+](Cc2ccccc2)CC1)c1ccc([N+](=O)[O-])cc1. The van der Waals surface area contributed by atoms with Crippen molar-refractivity contribution in [1.82, 2.24) is 10.9 Å². The predicted molar refractivity (Wildman–Crippen MR) is 97.2 cm³/mol. The van der Waals surface area contributed by atoms with E-state index in [2.05, 4.69) is 41.2 Å². The molecule has 26 heavy (non-hydrogen) atoms. The average Bonchev–Trinajstić information content (AvgIpc) is 2.68. The van der Waals surface area contributed by atoms with Crippen molar-refractivity contribution in [2.45, 2.75) is 13.0 Å². The van der Waals surface area contributed by atoms with Gasteiger partial charge in [0.05, 0.1) is 18.0 Å². The van der Waals surface area contributed by atoms with Crippen LogP contribution in [0.2, 0.25) is 0 Å². The highest BCUT2D eigenvalue weighted by Crippen LogP contribution is 2.11. The highest BCUT2D eigenvalue weighted by Gasteiger charge is 2.16. The Labute approximate surface area is 151 Å². The molecule has 0 spiro atoms. The van der Waals surface area contributed by atoms with Crippen LogP contribution in [0.1, 0.15) is 22.3 Å². The van der Waals surface area contributed by atoms with Crippen LogP contribution in [-0.2, 0) is 6.54 Å². The normalized spacial score (nSPS) is 16.5. The molecule has 0 fully saturated rings. The fraction of sp³-hybridized carbons (Fsp3) is 0.211. The van der Waals surface area contributed by atoms with Gasteiger partial charge in [-0.05, 0) is 18.2 Å². The number of nitrogens with one attached hydrogen (secondary N) is 3. The number of benzene rings is 2. The van der Waals surface area contributed by atoms with Gasteiger partial charge in [0.2, 0.25) is 0 Å². The summed E-state index contributed by atoms with van der Waals surface area (Å²) < 4.78 is 0. The summed E-state index contributed by atoms with van der Waals surface area (Å²) in [5.74, 6) is -0.320. The van der Waals surface area contributed by atoms with Crippen LogP contribution in [0.4, 0.5) is 5.69 Å². The predicted octanol–water partition coefficient (Wildman–Crippen LogP) is 1.20. The molecule has 3 rings (SSSR count). The highest BCUT2D eigenvalue weighted by atomic mass is 16.6. The lowest BCUT2D eigenvalue weighted by atomic mass is 10.1. The Morgan fingerprint density at radius 1 is 1.12 bits per heavy atom. The van der Waals surface area contributed by atoms with Crippen molar-refractivity contribution in [2.75, 3.05) is 13.1 Å². The van der Waals surface area contributed by atoms with Crippen LogP contribution >= 0.6 is 0 Å². The van der Waals surface area contributed by atoms with E-state index in [-0.39, 0.29) is 11.6 Å². The van der Waals surface area contributed by atoms with Crippen LogP contribution in [0.5, 0.6) is 0 Å². The number of hydrogen-bond acceptors (Lipinski definition) is 4. The summed E-state index contributed by atoms with van der Waals surface area (Å²) >= 11 is 0. The molecule has 1 aliphatic heterocycles. The number of hydrogen-bond donors (Lipinski definition) is 3. The number of nitro benzene ring substituents is 1. The van der Waals surface area contributed by atoms with Crippen LogP contribution in [0.25, 0.3) is 0 Å². The molecule has 0 bridgehead atoms. The monoisotopic (exact) mass is 353 g/mol. The molecule has 0 saturated heterocycles. The van der Waals surface area contributed by atoms with Gasteiger partial charge in [-0.25, -0.2) is 0 Å². The quantitative estimate of drug-likeness (QED) is 0.538. The van der Waals surface area contributed by atoms with Crippen molar-refractivity contribution in [1.29, 1.82) is 0 Å². The van der Waals surface area contributed by atoms with Crippen LogP contribution < -0.4 is 15.8 Å². The molecular formula is C19H21N4O3+. The topological polar surface area (TPSA) is 88.7 Å². The highest BCUT2D eigenvalue weighted by molar-refractivity contribution is 5.94. The third kappa shape index (κ3) is 4.67. The third-order valence-electron chi connectivity index (χ3n) is 4.36. The van der Waals surface area contributed by atoms with E-state index in [1.54, 1.807) is 0 Å². The van der Waals surface area contributed by atoms with Gasteiger partial charge < -0.3 is 10.3 Å². The molecular weight excluding hydrogens is 332 g/mol. The van der Waals surface area contributed by atoms with Gasteiger partial charge >= 0.3 is 0 Å². The Hall–Kier alpha value is -3.19. The van der Waals surface area contributed by atoms with Gasteiger partial charge in [-0.1, -0.05) is 30.3 Å². The Morgan fingerprint density at radius 2 is 1.85 bits per heavy atom. The lowest BCUT2D eigenvalue weighted by molar-refractivity contribution is -0.909. The maximum atomic E-state index is 12.1. The van der Waals surface area contributed by atoms with Crippen LogP contribution in [0.3, 0.4) is 0 Å². The summed E-state index contributed by atoms with van der Waals surface area (Å²) in [6.45, 7) is 2.87. The Morgan fingerprint density at radius 3 is 2.46 bits per heavy atom. The first-order chi connectivity index (χ1) is 12.6. The molecule has 0 radical (unpaired) electrons. The molecule has 0 aromatic heterocycles. The van der Waals surface area contributed by atoms with Crippen molar-refractivity contribution in [3.8, 4) is 0 Å². The van der Waals surface area contributed by atoms with E-state index in [4.69, 9.17) is 0 Å². The van der Waals surface area contributed by atoms with Crippen LogP contribution in [0, 0.1) is 10.1 Å². The molecule has 1 heterocycles. The molecule has 7 heteroatoms. The largest absolute Gasteiger partial charge is 0.328 e. The van der Waals surface area contributed by atoms with Gasteiger partial charge in [-0.15, -0.1) is 0 Å². The first kappa shape index (κ1) is 17.6. The molecule has 7 nitrogen and oxygen atoms in total. The van der Waals surface area contributed by atoms with E-state index < -0.39 is 4.92 Å². The average molecular weight is 353 g/mol. The molecule has 1 aliphatic rings. The maximum absolute atomic E-state index is 12.1. The van der Waals surface area contributed by atoms with E-state index in [0.29, 0.717) is 5.56 Å². The summed E-state index contributed by atoms with van der Waals surface area (Å²) in [6.07, 6.45) is 2.95. The lowest BCUT2D eigenvalue weighted by Gasteiger charge is -2.24. The first-order valence-corrected chi connectivity index (χ1v) is 8.49. The van der Waals surface area contributed by atoms with E-state index in [0.717, 1.165) is 31.8 Å². The van der Waals surface area contributed by atoms with Gasteiger partial charge in [-0.3, -0.25) is 20.3 Å². The third-order valence-corrected chi connectivity index (χ3v) is 4.36. The molecule has 1 unspecified atom stereocenters. The van der Waals surface area contributed by atoms with Gasteiger partial charge in [0.25, 0.3) is 11.6 Å². The number of amides is 1. The number of nitro groups is 1. The van der Waals surface area contributed by atoms with Crippen molar-refractivity contribution in [3.05, 3.63) is 87.6 Å². The van der Waals surface area contributed by atoms with Crippen molar-refractivity contribution in [2.24, 2.45) is 0 Å². The fourth-order valence-corrected chi connectivity index (χ4v) is 2.89. The van der Waals surface area contributed by atoms with Gasteiger partial charge in [0.1, 0.15) is 6.54 Å². The van der Waals surface area contributed by atoms with Crippen molar-refractivity contribution >= 4 is 11.6 Å². The zero-order valence-corrected chi connectivity index (χ0v) is 14.3. The van der Waals surface area contributed by atoms with E-state index in [1.807, 2.05) is 6.07 Å². The van der Waals surface area contributed by atoms with Crippen molar-refractivity contribution in [3.63, 3.8) is 0 Å². The maximum Gasteiger partial charge on any atom is 0.269 e. The number of quaternary nitrogens is 1. The second-order valence-electron chi connectivity index (χ2n) is 6.23. The van der Waals surface area contributed by atoms with Gasteiger partial charge in [0, 0.05) is 35.4 Å². The number of carbonyl (C=O) groups is 1. The molecule has 2 aromatic rings. The molecule has 2 aromatic carbocycles. The molecule has 1 atom stereocenters. The first-order valence-electron chi connectivity index (χ1n) is 8.49. The van der Waals surface area contributed by atoms with E-state index in [1.165, 1.54) is 34.7 Å². The number of non-ortho nitro benzene ring substituents is 1.